The first-order chi connectivity index (χ1) is 8.50. The summed E-state index contributed by atoms with van der Waals surface area (Å²) < 4.78 is 14.0. The number of aromatic amines is 1. The average molecular weight is 289 g/mol. The van der Waals surface area contributed by atoms with Crippen molar-refractivity contribution in [3.63, 3.8) is 0 Å². The van der Waals surface area contributed by atoms with Crippen molar-refractivity contribution in [2.24, 2.45) is 0 Å². The Balaban J connectivity index is 2.55. The standard InChI is InChI=1S/C11H7Cl2FN2O2/c12-7-4-2-1-3-6(7)5-16-10(17)8(14)9(13)15-11(16)18/h1-4H,5H2,(H,15,18). The first-order valence-electron chi connectivity index (χ1n) is 4.92. The first-order valence-corrected chi connectivity index (χ1v) is 5.68. The molecule has 0 aliphatic rings. The van der Waals surface area contributed by atoms with Crippen LogP contribution in [-0.4, -0.2) is 9.55 Å². The normalized spacial score (nSPS) is 10.6. The van der Waals surface area contributed by atoms with Crippen LogP contribution in [-0.2, 0) is 6.54 Å². The minimum atomic E-state index is -1.19. The minimum Gasteiger partial charge on any atom is -0.295 e. The molecule has 2 rings (SSSR count). The maximum absolute atomic E-state index is 13.3. The van der Waals surface area contributed by atoms with E-state index in [0.717, 1.165) is 0 Å². The predicted octanol–water partition coefficient (Wildman–Crippen LogP) is 2.03. The van der Waals surface area contributed by atoms with Gasteiger partial charge in [-0.2, -0.15) is 4.39 Å². The highest BCUT2D eigenvalue weighted by Gasteiger charge is 2.13. The molecule has 18 heavy (non-hydrogen) atoms. The molecular formula is C11H7Cl2FN2O2. The molecule has 0 aliphatic heterocycles. The molecule has 0 fully saturated rings. The SMILES string of the molecule is O=c1[nH]c(Cl)c(F)c(=O)n1Cc1ccccc1Cl. The van der Waals surface area contributed by atoms with Gasteiger partial charge in [-0.25, -0.2) is 4.79 Å². The number of hydrogen-bond donors (Lipinski definition) is 1. The zero-order valence-electron chi connectivity index (χ0n) is 8.91. The van der Waals surface area contributed by atoms with Crippen LogP contribution >= 0.6 is 23.2 Å². The molecule has 0 amide bonds. The van der Waals surface area contributed by atoms with Crippen LogP contribution in [0.1, 0.15) is 5.56 Å². The largest absolute Gasteiger partial charge is 0.329 e. The molecule has 1 aromatic heterocycles. The lowest BCUT2D eigenvalue weighted by Crippen LogP contribution is -2.37. The van der Waals surface area contributed by atoms with Crippen molar-refractivity contribution in [2.75, 3.05) is 0 Å². The number of nitrogens with one attached hydrogen (secondary N) is 1. The van der Waals surface area contributed by atoms with Gasteiger partial charge in [0.05, 0.1) is 6.54 Å². The van der Waals surface area contributed by atoms with Crippen LogP contribution in [0.4, 0.5) is 4.39 Å². The number of rotatable bonds is 2. The maximum atomic E-state index is 13.3. The van der Waals surface area contributed by atoms with Crippen LogP contribution in [0.5, 0.6) is 0 Å². The number of aromatic nitrogens is 2. The lowest BCUT2D eigenvalue weighted by Gasteiger charge is -2.06. The van der Waals surface area contributed by atoms with E-state index in [9.17, 15) is 14.0 Å². The quantitative estimate of drug-likeness (QED) is 0.860. The summed E-state index contributed by atoms with van der Waals surface area (Å²) in [7, 11) is 0. The van der Waals surface area contributed by atoms with Gasteiger partial charge in [0.15, 0.2) is 5.15 Å². The number of halogens is 3. The molecule has 0 saturated carbocycles. The molecule has 1 heterocycles. The molecule has 0 radical (unpaired) electrons. The van der Waals surface area contributed by atoms with Gasteiger partial charge in [-0.05, 0) is 11.6 Å². The topological polar surface area (TPSA) is 54.9 Å². The van der Waals surface area contributed by atoms with Gasteiger partial charge < -0.3 is 0 Å². The van der Waals surface area contributed by atoms with Gasteiger partial charge in [0.1, 0.15) is 0 Å². The molecule has 0 unspecified atom stereocenters. The van der Waals surface area contributed by atoms with Crippen LogP contribution in [0, 0.1) is 5.82 Å². The zero-order valence-corrected chi connectivity index (χ0v) is 10.4. The summed E-state index contributed by atoms with van der Waals surface area (Å²) in [5.41, 5.74) is -1.33. The molecule has 0 saturated heterocycles. The van der Waals surface area contributed by atoms with Crippen LogP contribution in [0.25, 0.3) is 0 Å². The van der Waals surface area contributed by atoms with Crippen molar-refractivity contribution in [1.29, 1.82) is 0 Å². The van der Waals surface area contributed by atoms with Crippen molar-refractivity contribution in [3.8, 4) is 0 Å². The van der Waals surface area contributed by atoms with Crippen molar-refractivity contribution < 1.29 is 4.39 Å². The van der Waals surface area contributed by atoms with Gasteiger partial charge in [-0.3, -0.25) is 14.3 Å². The van der Waals surface area contributed by atoms with E-state index in [2.05, 4.69) is 0 Å². The van der Waals surface area contributed by atoms with E-state index in [0.29, 0.717) is 15.2 Å². The minimum absolute atomic E-state index is 0.123. The Bertz CT molecular complexity index is 709. The van der Waals surface area contributed by atoms with E-state index in [1.165, 1.54) is 0 Å². The summed E-state index contributed by atoms with van der Waals surface area (Å²) in [6, 6.07) is 6.66. The highest BCUT2D eigenvalue weighted by atomic mass is 35.5. The van der Waals surface area contributed by atoms with Gasteiger partial charge >= 0.3 is 5.69 Å². The third-order valence-corrected chi connectivity index (χ3v) is 3.00. The lowest BCUT2D eigenvalue weighted by molar-refractivity contribution is 0.558. The summed E-state index contributed by atoms with van der Waals surface area (Å²) in [5, 5.41) is -0.209. The third-order valence-electron chi connectivity index (χ3n) is 2.37. The number of benzene rings is 1. The van der Waals surface area contributed by atoms with Gasteiger partial charge in [-0.15, -0.1) is 0 Å². The van der Waals surface area contributed by atoms with E-state index < -0.39 is 22.2 Å². The Morgan fingerprint density at radius 2 is 1.89 bits per heavy atom. The van der Waals surface area contributed by atoms with Gasteiger partial charge in [0.25, 0.3) is 5.56 Å². The Hall–Kier alpha value is -1.59. The molecule has 7 heteroatoms. The molecule has 0 aliphatic carbocycles. The molecular weight excluding hydrogens is 282 g/mol. The van der Waals surface area contributed by atoms with Crippen LogP contribution < -0.4 is 11.2 Å². The average Bonchev–Trinajstić information content (AvgIpc) is 2.34. The van der Waals surface area contributed by atoms with Crippen molar-refractivity contribution in [2.45, 2.75) is 6.54 Å². The van der Waals surface area contributed by atoms with E-state index in [4.69, 9.17) is 23.2 Å². The molecule has 4 nitrogen and oxygen atoms in total. The Labute approximate surface area is 111 Å². The summed E-state index contributed by atoms with van der Waals surface area (Å²) in [4.78, 5) is 25.2. The molecule has 0 spiro atoms. The predicted molar refractivity (Wildman–Crippen MR) is 66.8 cm³/mol. The van der Waals surface area contributed by atoms with Crippen molar-refractivity contribution in [3.05, 3.63) is 66.7 Å². The number of hydrogen-bond acceptors (Lipinski definition) is 2. The molecule has 1 N–H and O–H groups in total. The van der Waals surface area contributed by atoms with Crippen LogP contribution in [0.15, 0.2) is 33.9 Å². The second-order valence-electron chi connectivity index (χ2n) is 3.54. The highest BCUT2D eigenvalue weighted by molar-refractivity contribution is 6.31. The van der Waals surface area contributed by atoms with E-state index in [1.54, 1.807) is 24.3 Å². The summed E-state index contributed by atoms with van der Waals surface area (Å²) in [6.07, 6.45) is 0. The summed E-state index contributed by atoms with van der Waals surface area (Å²) >= 11 is 11.3. The van der Waals surface area contributed by atoms with Gasteiger partial charge in [-0.1, -0.05) is 41.4 Å². The monoisotopic (exact) mass is 288 g/mol. The zero-order chi connectivity index (χ0) is 13.3. The smallest absolute Gasteiger partial charge is 0.295 e. The van der Waals surface area contributed by atoms with E-state index >= 15 is 0 Å². The van der Waals surface area contributed by atoms with E-state index in [-0.39, 0.29) is 6.54 Å². The van der Waals surface area contributed by atoms with Gasteiger partial charge in [0.2, 0.25) is 5.82 Å². The maximum Gasteiger partial charge on any atom is 0.329 e. The Kier molecular flexibility index (Phi) is 3.54. The fourth-order valence-corrected chi connectivity index (χ4v) is 1.82. The number of H-pyrrole nitrogens is 1. The fourth-order valence-electron chi connectivity index (χ4n) is 1.46. The second kappa shape index (κ2) is 4.96. The van der Waals surface area contributed by atoms with Crippen LogP contribution in [0.2, 0.25) is 10.2 Å². The van der Waals surface area contributed by atoms with Crippen molar-refractivity contribution in [1.82, 2.24) is 9.55 Å². The van der Waals surface area contributed by atoms with Gasteiger partial charge in [0, 0.05) is 5.02 Å². The highest BCUT2D eigenvalue weighted by Crippen LogP contribution is 2.15. The Morgan fingerprint density at radius 3 is 2.56 bits per heavy atom. The Morgan fingerprint density at radius 1 is 1.22 bits per heavy atom. The van der Waals surface area contributed by atoms with Crippen LogP contribution in [0.3, 0.4) is 0 Å². The van der Waals surface area contributed by atoms with Crippen molar-refractivity contribution >= 4 is 23.2 Å². The molecule has 0 atom stereocenters. The molecule has 2 aromatic rings. The summed E-state index contributed by atoms with van der Waals surface area (Å²) in [6.45, 7) is -0.123. The van der Waals surface area contributed by atoms with E-state index in [1.807, 2.05) is 4.98 Å². The molecule has 0 bridgehead atoms. The number of nitrogens with zero attached hydrogens (tertiary/aromatic N) is 1. The summed E-state index contributed by atoms with van der Waals surface area (Å²) in [5.74, 6) is -1.19. The third kappa shape index (κ3) is 2.32. The first kappa shape index (κ1) is 12.9. The lowest BCUT2D eigenvalue weighted by atomic mass is 10.2. The molecule has 94 valence electrons. The fraction of sp³-hybridized carbons (Fsp3) is 0.0909. The second-order valence-corrected chi connectivity index (χ2v) is 4.33. The molecule has 1 aromatic carbocycles.